The maximum atomic E-state index is 13.4. The zero-order valence-corrected chi connectivity index (χ0v) is 17.2. The summed E-state index contributed by atoms with van der Waals surface area (Å²) >= 11 is 0. The molecule has 1 amide bonds. The number of likely N-dealkylation sites (tertiary alicyclic amines) is 1. The molecule has 4 atom stereocenters. The Kier molecular flexibility index (Phi) is 7.88. The summed E-state index contributed by atoms with van der Waals surface area (Å²) < 4.78 is 0.731. The molecule has 1 saturated heterocycles. The number of aryl methyl sites for hydroxylation is 1. The van der Waals surface area contributed by atoms with Gasteiger partial charge in [-0.15, -0.1) is 0 Å². The fourth-order valence-corrected chi connectivity index (χ4v) is 4.46. The number of carboxylic acids is 2. The Morgan fingerprint density at radius 2 is 1.97 bits per heavy atom. The van der Waals surface area contributed by atoms with Gasteiger partial charge in [-0.2, -0.15) is 0 Å². The van der Waals surface area contributed by atoms with Crippen molar-refractivity contribution in [2.24, 2.45) is 18.5 Å². The van der Waals surface area contributed by atoms with Crippen LogP contribution in [-0.2, 0) is 21.4 Å². The molecule has 0 aliphatic carbocycles. The molecular formula is C20H31N4O6+. The van der Waals surface area contributed by atoms with E-state index < -0.39 is 52.7 Å². The van der Waals surface area contributed by atoms with Gasteiger partial charge in [0.05, 0.1) is 18.7 Å². The van der Waals surface area contributed by atoms with E-state index >= 15 is 0 Å². The molecule has 1 aliphatic rings. The van der Waals surface area contributed by atoms with E-state index in [1.165, 1.54) is 0 Å². The van der Waals surface area contributed by atoms with Crippen molar-refractivity contribution in [1.82, 2.24) is 4.57 Å². The minimum absolute atomic E-state index is 0.0256. The Hall–Kier alpha value is -2.56. The van der Waals surface area contributed by atoms with Gasteiger partial charge >= 0.3 is 17.8 Å². The molecule has 166 valence electrons. The number of carbonyl (C=O) groups is 4. The number of rotatable bonds is 11. The monoisotopic (exact) mass is 423 g/mol. The fraction of sp³-hybridized carbons (Fsp3) is 0.600. The van der Waals surface area contributed by atoms with E-state index in [9.17, 15) is 29.4 Å². The molecule has 2 heterocycles. The van der Waals surface area contributed by atoms with Gasteiger partial charge in [-0.25, -0.2) is 18.9 Å². The Labute approximate surface area is 175 Å². The molecule has 1 aromatic rings. The van der Waals surface area contributed by atoms with Crippen LogP contribution in [0.15, 0.2) is 18.3 Å². The molecule has 0 radical (unpaired) electrons. The Bertz CT molecular complexity index is 807. The third-order valence-electron chi connectivity index (χ3n) is 5.99. The van der Waals surface area contributed by atoms with E-state index in [1.54, 1.807) is 29.9 Å². The number of amides is 1. The molecule has 1 aromatic heterocycles. The Morgan fingerprint density at radius 3 is 2.50 bits per heavy atom. The van der Waals surface area contributed by atoms with Crippen LogP contribution in [0.3, 0.4) is 0 Å². The maximum absolute atomic E-state index is 13.4. The van der Waals surface area contributed by atoms with Crippen molar-refractivity contribution in [1.29, 1.82) is 0 Å². The fourth-order valence-electron chi connectivity index (χ4n) is 4.46. The van der Waals surface area contributed by atoms with Crippen LogP contribution in [0.1, 0.15) is 49.0 Å². The summed E-state index contributed by atoms with van der Waals surface area (Å²) in [6.07, 6.45) is 3.18. The molecule has 0 saturated carbocycles. The highest BCUT2D eigenvalue weighted by Gasteiger charge is 2.60. The second-order valence-electron chi connectivity index (χ2n) is 7.87. The number of carboxylic acid groups (broad SMARTS) is 2. The average molecular weight is 423 g/mol. The highest BCUT2D eigenvalue weighted by molar-refractivity contribution is 5.98. The number of hydrogen-bond donors (Lipinski definition) is 4. The molecule has 30 heavy (non-hydrogen) atoms. The molecule has 6 N–H and O–H groups in total. The molecule has 0 spiro atoms. The van der Waals surface area contributed by atoms with E-state index in [4.69, 9.17) is 11.5 Å². The molecule has 10 heteroatoms. The standard InChI is InChI=1S/C20H30N4O6/c1-23-10-4-7-14(23)17(25)12-16(20(29)30)24(11-5-8-15(24)19(27)28)18(26)13(22)6-2-3-9-21/h4,7,10,13,15-16H,2-3,5-6,8-9,11-12,21-22H2,1H3,(H-,27,28,29,30)/p+1/t13-,15-,16?,24?/m0/s1. The van der Waals surface area contributed by atoms with Crippen LogP contribution < -0.4 is 11.5 Å². The topological polar surface area (TPSA) is 166 Å². The number of aliphatic carboxylic acids is 2. The molecular weight excluding hydrogens is 392 g/mol. The van der Waals surface area contributed by atoms with Crippen LogP contribution in [-0.4, -0.2) is 74.1 Å². The number of nitrogens with two attached hydrogens (primary N) is 2. The molecule has 10 nitrogen and oxygen atoms in total. The van der Waals surface area contributed by atoms with E-state index in [0.717, 1.165) is 0 Å². The van der Waals surface area contributed by atoms with Gasteiger partial charge in [0.2, 0.25) is 6.04 Å². The van der Waals surface area contributed by atoms with E-state index in [2.05, 4.69) is 0 Å². The van der Waals surface area contributed by atoms with Gasteiger partial charge in [-0.1, -0.05) is 0 Å². The summed E-state index contributed by atoms with van der Waals surface area (Å²) in [5, 5.41) is 19.8. The van der Waals surface area contributed by atoms with Crippen molar-refractivity contribution in [3.63, 3.8) is 0 Å². The number of carbonyl (C=O) groups excluding carboxylic acids is 2. The van der Waals surface area contributed by atoms with Crippen LogP contribution in [0.5, 0.6) is 0 Å². The van der Waals surface area contributed by atoms with Crippen LogP contribution in [0.4, 0.5) is 0 Å². The van der Waals surface area contributed by atoms with Crippen molar-refractivity contribution in [3.8, 4) is 0 Å². The zero-order valence-electron chi connectivity index (χ0n) is 17.2. The van der Waals surface area contributed by atoms with Gasteiger partial charge in [0.1, 0.15) is 6.04 Å². The number of nitrogens with zero attached hydrogens (tertiary/aromatic N) is 2. The molecule has 0 bridgehead atoms. The number of hydrogen-bond acceptors (Lipinski definition) is 6. The molecule has 1 fully saturated rings. The van der Waals surface area contributed by atoms with E-state index in [0.29, 0.717) is 31.5 Å². The van der Waals surface area contributed by atoms with E-state index in [-0.39, 0.29) is 19.4 Å². The van der Waals surface area contributed by atoms with Crippen LogP contribution in [0.2, 0.25) is 0 Å². The van der Waals surface area contributed by atoms with Crippen LogP contribution in [0.25, 0.3) is 0 Å². The summed E-state index contributed by atoms with van der Waals surface area (Å²) in [7, 11) is 1.65. The molecule has 2 unspecified atom stereocenters. The summed E-state index contributed by atoms with van der Waals surface area (Å²) in [5.41, 5.74) is 11.9. The molecule has 0 aromatic carbocycles. The predicted molar refractivity (Wildman–Crippen MR) is 107 cm³/mol. The largest absolute Gasteiger partial charge is 0.477 e. The second kappa shape index (κ2) is 9.96. The van der Waals surface area contributed by atoms with Gasteiger partial charge in [0.25, 0.3) is 0 Å². The van der Waals surface area contributed by atoms with Gasteiger partial charge < -0.3 is 26.2 Å². The van der Waals surface area contributed by atoms with Gasteiger partial charge in [0, 0.05) is 26.1 Å². The minimum Gasteiger partial charge on any atom is -0.477 e. The molecule has 1 aliphatic heterocycles. The lowest BCUT2D eigenvalue weighted by molar-refractivity contribution is -0.874. The van der Waals surface area contributed by atoms with Crippen molar-refractivity contribution < 1.29 is 33.9 Å². The van der Waals surface area contributed by atoms with Gasteiger partial charge in [0.15, 0.2) is 11.8 Å². The van der Waals surface area contributed by atoms with Crippen LogP contribution >= 0.6 is 0 Å². The third-order valence-corrected chi connectivity index (χ3v) is 5.99. The first kappa shape index (κ1) is 23.7. The summed E-state index contributed by atoms with van der Waals surface area (Å²) in [5.74, 6) is -3.74. The lowest BCUT2D eigenvalue weighted by Crippen LogP contribution is -2.70. The lowest BCUT2D eigenvalue weighted by atomic mass is 9.98. The van der Waals surface area contributed by atoms with E-state index in [1.807, 2.05) is 0 Å². The lowest BCUT2D eigenvalue weighted by Gasteiger charge is -2.41. The summed E-state index contributed by atoms with van der Waals surface area (Å²) in [6.45, 7) is 0.458. The predicted octanol–water partition coefficient (Wildman–Crippen LogP) is 0.0978. The van der Waals surface area contributed by atoms with Crippen molar-refractivity contribution in [2.45, 2.75) is 56.7 Å². The van der Waals surface area contributed by atoms with Crippen molar-refractivity contribution >= 4 is 23.6 Å². The zero-order chi connectivity index (χ0) is 22.5. The third kappa shape index (κ3) is 4.61. The quantitative estimate of drug-likeness (QED) is 0.221. The SMILES string of the molecule is Cn1cccc1C(=O)CC(C(=O)O)[N+]1(C(=O)[C@@H](N)CCCCN)CCC[C@H]1C(=O)O. The van der Waals surface area contributed by atoms with Crippen molar-refractivity contribution in [2.75, 3.05) is 13.1 Å². The number of quaternary nitrogens is 1. The average Bonchev–Trinajstić information content (AvgIpc) is 3.32. The Balaban J connectivity index is 2.43. The Morgan fingerprint density at radius 1 is 1.27 bits per heavy atom. The van der Waals surface area contributed by atoms with Gasteiger partial charge in [-0.3, -0.25) is 4.79 Å². The first-order valence-corrected chi connectivity index (χ1v) is 10.1. The highest BCUT2D eigenvalue weighted by Crippen LogP contribution is 2.35. The highest BCUT2D eigenvalue weighted by atomic mass is 16.4. The smallest absolute Gasteiger partial charge is 0.363 e. The molecule has 2 rings (SSSR count). The number of ketones is 1. The number of Topliss-reactive ketones (excluding diaryl/α,β-unsaturated/α-hetero) is 1. The van der Waals surface area contributed by atoms with Gasteiger partial charge in [-0.05, 0) is 37.9 Å². The second-order valence-corrected chi connectivity index (χ2v) is 7.87. The number of aromatic nitrogens is 1. The first-order valence-electron chi connectivity index (χ1n) is 10.1. The summed E-state index contributed by atoms with van der Waals surface area (Å²) in [6, 6.07) is -0.584. The van der Waals surface area contributed by atoms with Crippen LogP contribution in [0, 0.1) is 0 Å². The summed E-state index contributed by atoms with van der Waals surface area (Å²) in [4.78, 5) is 50.5. The van der Waals surface area contributed by atoms with Crippen molar-refractivity contribution in [3.05, 3.63) is 24.0 Å². The maximum Gasteiger partial charge on any atom is 0.363 e. The number of unbranched alkanes of at least 4 members (excludes halogenated alkanes) is 1. The minimum atomic E-state index is -1.52. The normalized spacial score (nSPS) is 23.1. The first-order chi connectivity index (χ1) is 14.2.